The minimum Gasteiger partial charge on any atom is -0.387 e. The van der Waals surface area contributed by atoms with Gasteiger partial charge in [-0.3, -0.25) is 9.80 Å². The van der Waals surface area contributed by atoms with E-state index in [1.54, 1.807) is 0 Å². The van der Waals surface area contributed by atoms with Gasteiger partial charge in [-0.15, -0.1) is 0 Å². The van der Waals surface area contributed by atoms with Gasteiger partial charge in [0.05, 0.1) is 6.10 Å². The summed E-state index contributed by atoms with van der Waals surface area (Å²) < 4.78 is 0. The van der Waals surface area contributed by atoms with Crippen LogP contribution in [0, 0.1) is 0 Å². The van der Waals surface area contributed by atoms with Crippen molar-refractivity contribution in [2.75, 3.05) is 32.7 Å². The summed E-state index contributed by atoms with van der Waals surface area (Å²) in [4.78, 5) is 4.83. The molecule has 0 radical (unpaired) electrons. The lowest BCUT2D eigenvalue weighted by molar-refractivity contribution is 0.0621. The average Bonchev–Trinajstić information content (AvgIpc) is 2.48. The van der Waals surface area contributed by atoms with Gasteiger partial charge in [-0.2, -0.15) is 0 Å². The van der Waals surface area contributed by atoms with E-state index in [4.69, 9.17) is 5.73 Å². The third-order valence-electron chi connectivity index (χ3n) is 4.17. The number of nitrogens with zero attached hydrogens (tertiary/aromatic N) is 2. The molecule has 0 saturated carbocycles. The van der Waals surface area contributed by atoms with E-state index in [9.17, 15) is 5.11 Å². The first kappa shape index (κ1) is 15.4. The van der Waals surface area contributed by atoms with Crippen molar-refractivity contribution in [3.8, 4) is 0 Å². The molecule has 1 unspecified atom stereocenters. The Morgan fingerprint density at radius 1 is 1.10 bits per heavy atom. The Kier molecular flexibility index (Phi) is 5.54. The molecule has 4 heteroatoms. The third kappa shape index (κ3) is 4.03. The molecule has 4 nitrogen and oxygen atoms in total. The number of piperazine rings is 1. The molecule has 1 aliphatic heterocycles. The molecule has 1 atom stereocenters. The van der Waals surface area contributed by atoms with E-state index in [1.165, 1.54) is 0 Å². The van der Waals surface area contributed by atoms with Gasteiger partial charge in [0.15, 0.2) is 0 Å². The van der Waals surface area contributed by atoms with Gasteiger partial charge in [0.2, 0.25) is 0 Å². The number of β-amino-alcohol motifs (C(OH)–C–C–N with tert-alkyl or cyclic N) is 1. The molecule has 0 aliphatic carbocycles. The van der Waals surface area contributed by atoms with Crippen LogP contribution in [0.15, 0.2) is 24.3 Å². The lowest BCUT2D eigenvalue weighted by Gasteiger charge is -2.37. The number of nitrogens with two attached hydrogens (primary N) is 1. The number of benzene rings is 1. The standard InChI is InChI=1S/C16H27N3O/c1-13(2)19-9-7-18(8-10-19)12-16(20)15-5-3-14(11-17)4-6-15/h3-6,13,16,20H,7-12,17H2,1-2H3. The average molecular weight is 277 g/mol. The van der Waals surface area contributed by atoms with Crippen molar-refractivity contribution < 1.29 is 5.11 Å². The number of aliphatic hydroxyl groups is 1. The van der Waals surface area contributed by atoms with Crippen molar-refractivity contribution in [1.82, 2.24) is 9.80 Å². The Labute approximate surface area is 122 Å². The zero-order valence-electron chi connectivity index (χ0n) is 12.6. The summed E-state index contributed by atoms with van der Waals surface area (Å²) in [5.41, 5.74) is 7.67. The quantitative estimate of drug-likeness (QED) is 0.849. The maximum Gasteiger partial charge on any atom is 0.0916 e. The Balaban J connectivity index is 1.84. The van der Waals surface area contributed by atoms with E-state index >= 15 is 0 Å². The Hall–Kier alpha value is -0.940. The van der Waals surface area contributed by atoms with Crippen LogP contribution in [0.25, 0.3) is 0 Å². The van der Waals surface area contributed by atoms with Gasteiger partial charge in [0.25, 0.3) is 0 Å². The van der Waals surface area contributed by atoms with Crippen LogP contribution >= 0.6 is 0 Å². The van der Waals surface area contributed by atoms with Gasteiger partial charge in [-0.25, -0.2) is 0 Å². The highest BCUT2D eigenvalue weighted by Gasteiger charge is 2.21. The molecule has 0 spiro atoms. The van der Waals surface area contributed by atoms with E-state index in [0.717, 1.165) is 37.3 Å². The molecular formula is C16H27N3O. The minimum atomic E-state index is -0.410. The molecule has 0 amide bonds. The molecule has 0 bridgehead atoms. The van der Waals surface area contributed by atoms with E-state index in [2.05, 4.69) is 23.6 Å². The van der Waals surface area contributed by atoms with E-state index in [0.29, 0.717) is 19.1 Å². The molecule has 3 N–H and O–H groups in total. The Bertz CT molecular complexity index is 397. The van der Waals surface area contributed by atoms with Crippen molar-refractivity contribution in [3.63, 3.8) is 0 Å². The van der Waals surface area contributed by atoms with Crippen molar-refractivity contribution in [2.45, 2.75) is 32.5 Å². The van der Waals surface area contributed by atoms with Gasteiger partial charge < -0.3 is 10.8 Å². The van der Waals surface area contributed by atoms with Crippen molar-refractivity contribution >= 4 is 0 Å². The van der Waals surface area contributed by atoms with E-state index in [-0.39, 0.29) is 0 Å². The maximum absolute atomic E-state index is 10.3. The van der Waals surface area contributed by atoms with Gasteiger partial charge in [-0.1, -0.05) is 24.3 Å². The summed E-state index contributed by atoms with van der Waals surface area (Å²) in [6.45, 7) is 10.0. The highest BCUT2D eigenvalue weighted by Crippen LogP contribution is 2.16. The molecule has 1 aromatic carbocycles. The first-order valence-corrected chi connectivity index (χ1v) is 7.53. The van der Waals surface area contributed by atoms with Crippen LogP contribution in [-0.2, 0) is 6.54 Å². The van der Waals surface area contributed by atoms with Crippen LogP contribution in [0.4, 0.5) is 0 Å². The van der Waals surface area contributed by atoms with E-state index in [1.807, 2.05) is 24.3 Å². The summed E-state index contributed by atoms with van der Waals surface area (Å²) in [5, 5.41) is 10.3. The predicted octanol–water partition coefficient (Wildman–Crippen LogP) is 1.20. The van der Waals surface area contributed by atoms with Crippen LogP contribution in [0.1, 0.15) is 31.1 Å². The highest BCUT2D eigenvalue weighted by atomic mass is 16.3. The fourth-order valence-corrected chi connectivity index (χ4v) is 2.69. The molecule has 1 heterocycles. The fraction of sp³-hybridized carbons (Fsp3) is 0.625. The smallest absolute Gasteiger partial charge is 0.0916 e. The topological polar surface area (TPSA) is 52.7 Å². The van der Waals surface area contributed by atoms with Gasteiger partial charge in [-0.05, 0) is 25.0 Å². The molecule has 20 heavy (non-hydrogen) atoms. The van der Waals surface area contributed by atoms with Crippen LogP contribution in [0.5, 0.6) is 0 Å². The number of aliphatic hydroxyl groups excluding tert-OH is 1. The summed E-state index contributed by atoms with van der Waals surface area (Å²) in [7, 11) is 0. The van der Waals surface area contributed by atoms with Crippen molar-refractivity contribution in [2.24, 2.45) is 5.73 Å². The second kappa shape index (κ2) is 7.18. The summed E-state index contributed by atoms with van der Waals surface area (Å²) in [6.07, 6.45) is -0.410. The van der Waals surface area contributed by atoms with Crippen LogP contribution < -0.4 is 5.73 Å². The lowest BCUT2D eigenvalue weighted by atomic mass is 10.1. The maximum atomic E-state index is 10.3. The Morgan fingerprint density at radius 2 is 1.70 bits per heavy atom. The van der Waals surface area contributed by atoms with Crippen LogP contribution in [-0.4, -0.2) is 53.7 Å². The molecule has 0 aromatic heterocycles. The van der Waals surface area contributed by atoms with Gasteiger partial charge >= 0.3 is 0 Å². The number of rotatable bonds is 5. The van der Waals surface area contributed by atoms with E-state index < -0.39 is 6.10 Å². The zero-order chi connectivity index (χ0) is 14.5. The largest absolute Gasteiger partial charge is 0.387 e. The predicted molar refractivity (Wildman–Crippen MR) is 82.4 cm³/mol. The summed E-state index contributed by atoms with van der Waals surface area (Å²) in [5.74, 6) is 0. The normalized spacial score (nSPS) is 19.4. The summed E-state index contributed by atoms with van der Waals surface area (Å²) in [6, 6.07) is 8.57. The number of hydrogen-bond acceptors (Lipinski definition) is 4. The van der Waals surface area contributed by atoms with Gasteiger partial charge in [0.1, 0.15) is 0 Å². The molecule has 1 fully saturated rings. The molecule has 1 aromatic rings. The minimum absolute atomic E-state index is 0.410. The lowest BCUT2D eigenvalue weighted by Crippen LogP contribution is -2.49. The highest BCUT2D eigenvalue weighted by molar-refractivity contribution is 5.24. The molecule has 1 aliphatic rings. The zero-order valence-corrected chi connectivity index (χ0v) is 12.6. The Morgan fingerprint density at radius 3 is 2.20 bits per heavy atom. The SMILES string of the molecule is CC(C)N1CCN(CC(O)c2ccc(CN)cc2)CC1. The number of hydrogen-bond donors (Lipinski definition) is 2. The summed E-state index contributed by atoms with van der Waals surface area (Å²) >= 11 is 0. The van der Waals surface area contributed by atoms with Crippen LogP contribution in [0.3, 0.4) is 0 Å². The monoisotopic (exact) mass is 277 g/mol. The second-order valence-corrected chi connectivity index (χ2v) is 5.89. The second-order valence-electron chi connectivity index (χ2n) is 5.89. The fourth-order valence-electron chi connectivity index (χ4n) is 2.69. The van der Waals surface area contributed by atoms with Crippen molar-refractivity contribution in [3.05, 3.63) is 35.4 Å². The molecule has 2 rings (SSSR count). The first-order valence-electron chi connectivity index (χ1n) is 7.53. The van der Waals surface area contributed by atoms with Crippen molar-refractivity contribution in [1.29, 1.82) is 0 Å². The molecule has 1 saturated heterocycles. The first-order chi connectivity index (χ1) is 9.60. The van der Waals surface area contributed by atoms with Crippen LogP contribution in [0.2, 0.25) is 0 Å². The third-order valence-corrected chi connectivity index (χ3v) is 4.17. The molecular weight excluding hydrogens is 250 g/mol. The molecule has 112 valence electrons. The van der Waals surface area contributed by atoms with Gasteiger partial charge in [0, 0.05) is 45.3 Å².